The predicted octanol–water partition coefficient (Wildman–Crippen LogP) is 2.27. The van der Waals surface area contributed by atoms with Crippen LogP contribution >= 0.6 is 12.4 Å². The summed E-state index contributed by atoms with van der Waals surface area (Å²) in [6.45, 7) is 1.15. The molecule has 4 nitrogen and oxygen atoms in total. The maximum absolute atomic E-state index is 13.3. The van der Waals surface area contributed by atoms with Crippen LogP contribution < -0.4 is 5.32 Å². The smallest absolute Gasteiger partial charge is 0.244 e. The van der Waals surface area contributed by atoms with Gasteiger partial charge in [0.25, 0.3) is 0 Å². The first kappa shape index (κ1) is 15.9. The van der Waals surface area contributed by atoms with Crippen LogP contribution in [0.1, 0.15) is 5.56 Å². The summed E-state index contributed by atoms with van der Waals surface area (Å²) in [6, 6.07) is 6.30. The third kappa shape index (κ3) is 4.85. The van der Waals surface area contributed by atoms with Crippen LogP contribution in [0, 0.1) is 5.82 Å². The molecule has 6 heteroatoms. The summed E-state index contributed by atoms with van der Waals surface area (Å²) in [4.78, 5) is 15.4. The molecule has 0 radical (unpaired) electrons. The van der Waals surface area contributed by atoms with Crippen molar-refractivity contribution in [3.63, 3.8) is 0 Å². The lowest BCUT2D eigenvalue weighted by Gasteiger charge is -2.02. The molecule has 2 aromatic rings. The number of rotatable bonds is 5. The fourth-order valence-electron chi connectivity index (χ4n) is 1.56. The van der Waals surface area contributed by atoms with Gasteiger partial charge in [-0.25, -0.2) is 9.37 Å². The van der Waals surface area contributed by atoms with Crippen molar-refractivity contribution < 1.29 is 9.18 Å². The van der Waals surface area contributed by atoms with E-state index in [0.29, 0.717) is 18.7 Å². The number of carbonyl (C=O) groups excluding carboxylic acids is 1. The summed E-state index contributed by atoms with van der Waals surface area (Å²) in [5.74, 6) is -0.590. The van der Waals surface area contributed by atoms with Crippen molar-refractivity contribution in [1.82, 2.24) is 14.9 Å². The van der Waals surface area contributed by atoms with E-state index >= 15 is 0 Å². The molecule has 20 heavy (non-hydrogen) atoms. The highest BCUT2D eigenvalue weighted by molar-refractivity contribution is 5.91. The Morgan fingerprint density at radius 2 is 2.20 bits per heavy atom. The van der Waals surface area contributed by atoms with Crippen molar-refractivity contribution in [2.24, 2.45) is 0 Å². The molecule has 0 saturated heterocycles. The number of carbonyl (C=O) groups is 1. The molecule has 106 valence electrons. The normalized spacial score (nSPS) is 10.2. The molecule has 0 unspecified atom stereocenters. The van der Waals surface area contributed by atoms with E-state index in [0.717, 1.165) is 0 Å². The van der Waals surface area contributed by atoms with Gasteiger partial charge in [0.2, 0.25) is 5.91 Å². The first-order valence-electron chi connectivity index (χ1n) is 5.92. The highest BCUT2D eigenvalue weighted by atomic mass is 35.5. The standard InChI is InChI=1S/C14H14FN3O.ClH/c15-13-4-2-1-3-12(13)5-6-14(19)17-8-10-18-9-7-16-11-18;/h1-7,9,11H,8,10H2,(H,17,19);1H/b6-5+;. The third-order valence-corrected chi connectivity index (χ3v) is 2.55. The summed E-state index contributed by atoms with van der Waals surface area (Å²) in [7, 11) is 0. The Bertz CT molecular complexity index is 570. The molecule has 1 aromatic heterocycles. The molecular formula is C14H15ClFN3O. The van der Waals surface area contributed by atoms with Gasteiger partial charge in [-0.3, -0.25) is 4.79 Å². The van der Waals surface area contributed by atoms with Gasteiger partial charge in [0.15, 0.2) is 0 Å². The first-order chi connectivity index (χ1) is 9.25. The van der Waals surface area contributed by atoms with Crippen molar-refractivity contribution >= 4 is 24.4 Å². The van der Waals surface area contributed by atoms with Gasteiger partial charge in [-0.05, 0) is 12.1 Å². The lowest BCUT2D eigenvalue weighted by atomic mass is 10.2. The number of amides is 1. The molecule has 0 atom stereocenters. The monoisotopic (exact) mass is 295 g/mol. The summed E-state index contributed by atoms with van der Waals surface area (Å²) in [6.07, 6.45) is 7.97. The second-order valence-corrected chi connectivity index (χ2v) is 3.95. The molecule has 0 fully saturated rings. The minimum atomic E-state index is -0.343. The maximum Gasteiger partial charge on any atom is 0.244 e. The van der Waals surface area contributed by atoms with Gasteiger partial charge in [0.05, 0.1) is 6.33 Å². The molecule has 0 aliphatic rings. The molecule has 0 saturated carbocycles. The average molecular weight is 296 g/mol. The molecule has 0 aliphatic carbocycles. The molecule has 1 amide bonds. The van der Waals surface area contributed by atoms with Crippen LogP contribution in [0.2, 0.25) is 0 Å². The van der Waals surface area contributed by atoms with Gasteiger partial charge >= 0.3 is 0 Å². The molecule has 0 aliphatic heterocycles. The van der Waals surface area contributed by atoms with E-state index in [-0.39, 0.29) is 24.1 Å². The number of hydrogen-bond donors (Lipinski definition) is 1. The lowest BCUT2D eigenvalue weighted by Crippen LogP contribution is -2.25. The van der Waals surface area contributed by atoms with Crippen LogP contribution in [0.5, 0.6) is 0 Å². The number of hydrogen-bond acceptors (Lipinski definition) is 2. The Kier molecular flexibility index (Phi) is 6.46. The van der Waals surface area contributed by atoms with Gasteiger partial charge < -0.3 is 9.88 Å². The van der Waals surface area contributed by atoms with Crippen molar-refractivity contribution in [3.8, 4) is 0 Å². The van der Waals surface area contributed by atoms with Crippen LogP contribution in [-0.4, -0.2) is 22.0 Å². The summed E-state index contributed by atoms with van der Waals surface area (Å²) >= 11 is 0. The number of nitrogens with zero attached hydrogens (tertiary/aromatic N) is 2. The minimum Gasteiger partial charge on any atom is -0.351 e. The molecule has 1 aromatic carbocycles. The van der Waals surface area contributed by atoms with Crippen LogP contribution in [0.3, 0.4) is 0 Å². The fraction of sp³-hybridized carbons (Fsp3) is 0.143. The largest absolute Gasteiger partial charge is 0.351 e. The SMILES string of the molecule is Cl.O=C(/C=C/c1ccccc1F)NCCn1ccnc1. The zero-order chi connectivity index (χ0) is 13.5. The highest BCUT2D eigenvalue weighted by Gasteiger charge is 1.98. The van der Waals surface area contributed by atoms with Gasteiger partial charge in [-0.2, -0.15) is 0 Å². The fourth-order valence-corrected chi connectivity index (χ4v) is 1.56. The second kappa shape index (κ2) is 8.12. The third-order valence-electron chi connectivity index (χ3n) is 2.55. The van der Waals surface area contributed by atoms with E-state index in [1.54, 1.807) is 30.7 Å². The zero-order valence-corrected chi connectivity index (χ0v) is 11.5. The van der Waals surface area contributed by atoms with E-state index in [4.69, 9.17) is 0 Å². The Morgan fingerprint density at radius 3 is 2.90 bits per heavy atom. The number of benzene rings is 1. The number of aromatic nitrogens is 2. The zero-order valence-electron chi connectivity index (χ0n) is 10.7. The summed E-state index contributed by atoms with van der Waals surface area (Å²) < 4.78 is 15.1. The van der Waals surface area contributed by atoms with Crippen molar-refractivity contribution in [2.45, 2.75) is 6.54 Å². The predicted molar refractivity (Wildman–Crippen MR) is 77.9 cm³/mol. The van der Waals surface area contributed by atoms with Gasteiger partial charge in [-0.1, -0.05) is 18.2 Å². The van der Waals surface area contributed by atoms with Crippen molar-refractivity contribution in [2.75, 3.05) is 6.54 Å². The van der Waals surface area contributed by atoms with Crippen LogP contribution in [0.25, 0.3) is 6.08 Å². The van der Waals surface area contributed by atoms with E-state index in [2.05, 4.69) is 10.3 Å². The molecule has 1 heterocycles. The van der Waals surface area contributed by atoms with Crippen LogP contribution in [0.4, 0.5) is 4.39 Å². The van der Waals surface area contributed by atoms with E-state index < -0.39 is 0 Å². The Balaban J connectivity index is 0.00000200. The molecular weight excluding hydrogens is 281 g/mol. The number of imidazole rings is 1. The van der Waals surface area contributed by atoms with Gasteiger partial charge in [-0.15, -0.1) is 12.4 Å². The van der Waals surface area contributed by atoms with Crippen molar-refractivity contribution in [1.29, 1.82) is 0 Å². The van der Waals surface area contributed by atoms with Crippen LogP contribution in [-0.2, 0) is 11.3 Å². The second-order valence-electron chi connectivity index (χ2n) is 3.95. The highest BCUT2D eigenvalue weighted by Crippen LogP contribution is 2.07. The molecule has 0 spiro atoms. The summed E-state index contributed by atoms with van der Waals surface area (Å²) in [5, 5.41) is 2.71. The summed E-state index contributed by atoms with van der Waals surface area (Å²) in [5.41, 5.74) is 0.396. The molecule has 2 rings (SSSR count). The Morgan fingerprint density at radius 1 is 1.40 bits per heavy atom. The number of halogens is 2. The van der Waals surface area contributed by atoms with Gasteiger partial charge in [0, 0.05) is 37.1 Å². The van der Waals surface area contributed by atoms with E-state index in [1.165, 1.54) is 18.2 Å². The number of nitrogens with one attached hydrogen (secondary N) is 1. The molecule has 1 N–H and O–H groups in total. The topological polar surface area (TPSA) is 46.9 Å². The molecule has 0 bridgehead atoms. The maximum atomic E-state index is 13.3. The van der Waals surface area contributed by atoms with Gasteiger partial charge in [0.1, 0.15) is 5.82 Å². The van der Waals surface area contributed by atoms with Crippen LogP contribution in [0.15, 0.2) is 49.1 Å². The minimum absolute atomic E-state index is 0. The first-order valence-corrected chi connectivity index (χ1v) is 5.92. The Labute approximate surface area is 122 Å². The lowest BCUT2D eigenvalue weighted by molar-refractivity contribution is -0.116. The average Bonchev–Trinajstić information content (AvgIpc) is 2.91. The van der Waals surface area contributed by atoms with E-state index in [9.17, 15) is 9.18 Å². The Hall–Kier alpha value is -2.14. The van der Waals surface area contributed by atoms with E-state index in [1.807, 2.05) is 10.8 Å². The quantitative estimate of drug-likeness (QED) is 0.860. The van der Waals surface area contributed by atoms with Crippen molar-refractivity contribution in [3.05, 3.63) is 60.4 Å².